The van der Waals surface area contributed by atoms with Crippen molar-refractivity contribution in [1.82, 2.24) is 4.90 Å². The molecular formula is C10H19NO2. The first-order valence-corrected chi connectivity index (χ1v) is 5.08. The van der Waals surface area contributed by atoms with Gasteiger partial charge in [-0.2, -0.15) is 0 Å². The van der Waals surface area contributed by atoms with Crippen LogP contribution in [0.4, 0.5) is 0 Å². The molecule has 13 heavy (non-hydrogen) atoms. The zero-order valence-electron chi connectivity index (χ0n) is 8.58. The summed E-state index contributed by atoms with van der Waals surface area (Å²) in [5.41, 5.74) is 0. The number of rotatable bonds is 3. The molecule has 0 bridgehead atoms. The molecule has 2 fully saturated rings. The summed E-state index contributed by atoms with van der Waals surface area (Å²) in [7, 11) is 1.41. The monoisotopic (exact) mass is 185 g/mol. The van der Waals surface area contributed by atoms with E-state index in [1.807, 2.05) is 6.92 Å². The maximum absolute atomic E-state index is 10.3. The Bertz CT molecular complexity index is 158. The van der Waals surface area contributed by atoms with E-state index in [4.69, 9.17) is 0 Å². The molecule has 0 spiro atoms. The number of esters is 1. The number of hydrogen-bond acceptors (Lipinski definition) is 3. The van der Waals surface area contributed by atoms with Gasteiger partial charge in [-0.1, -0.05) is 13.3 Å². The Hall–Kier alpha value is -0.570. The van der Waals surface area contributed by atoms with Crippen LogP contribution in [-0.4, -0.2) is 37.1 Å². The van der Waals surface area contributed by atoms with E-state index in [9.17, 15) is 4.79 Å². The third-order valence-electron chi connectivity index (χ3n) is 2.54. The van der Waals surface area contributed by atoms with Crippen molar-refractivity contribution in [3.63, 3.8) is 0 Å². The van der Waals surface area contributed by atoms with Gasteiger partial charge in [-0.05, 0) is 12.8 Å². The summed E-state index contributed by atoms with van der Waals surface area (Å²) < 4.78 is 4.41. The minimum atomic E-state index is -0.105. The fourth-order valence-electron chi connectivity index (χ4n) is 1.32. The van der Waals surface area contributed by atoms with Crippen LogP contribution in [0.3, 0.4) is 0 Å². The van der Waals surface area contributed by atoms with Crippen molar-refractivity contribution in [2.75, 3.05) is 20.2 Å². The van der Waals surface area contributed by atoms with Crippen LogP contribution in [0.15, 0.2) is 0 Å². The van der Waals surface area contributed by atoms with E-state index in [-0.39, 0.29) is 5.97 Å². The normalized spacial score (nSPS) is 27.5. The van der Waals surface area contributed by atoms with Crippen molar-refractivity contribution in [3.05, 3.63) is 0 Å². The maximum Gasteiger partial charge on any atom is 0.305 e. The Morgan fingerprint density at radius 2 is 2.31 bits per heavy atom. The van der Waals surface area contributed by atoms with E-state index in [1.54, 1.807) is 0 Å². The third-order valence-corrected chi connectivity index (χ3v) is 2.54. The van der Waals surface area contributed by atoms with Crippen LogP contribution in [0.25, 0.3) is 0 Å². The van der Waals surface area contributed by atoms with Crippen LogP contribution in [0, 0.1) is 0 Å². The second-order valence-corrected chi connectivity index (χ2v) is 3.62. The van der Waals surface area contributed by atoms with Gasteiger partial charge in [0.15, 0.2) is 0 Å². The molecule has 0 saturated carbocycles. The first-order chi connectivity index (χ1) is 6.27. The van der Waals surface area contributed by atoms with Gasteiger partial charge in [0.2, 0.25) is 0 Å². The zero-order valence-corrected chi connectivity index (χ0v) is 8.58. The van der Waals surface area contributed by atoms with Gasteiger partial charge in [0, 0.05) is 25.6 Å². The van der Waals surface area contributed by atoms with Crippen LogP contribution < -0.4 is 0 Å². The van der Waals surface area contributed by atoms with Crippen molar-refractivity contribution in [3.8, 4) is 0 Å². The molecule has 2 aliphatic rings. The Balaban J connectivity index is 0.000000140. The molecule has 3 heteroatoms. The lowest BCUT2D eigenvalue weighted by Crippen LogP contribution is -2.16. The summed E-state index contributed by atoms with van der Waals surface area (Å²) in [6, 6.07) is 1.06. The van der Waals surface area contributed by atoms with E-state index in [0.717, 1.165) is 18.9 Å². The first-order valence-electron chi connectivity index (χ1n) is 5.08. The fraction of sp³-hybridized carbons (Fsp3) is 0.900. The highest BCUT2D eigenvalue weighted by atomic mass is 16.5. The molecule has 2 unspecified atom stereocenters. The van der Waals surface area contributed by atoms with E-state index in [1.165, 1.54) is 26.6 Å². The van der Waals surface area contributed by atoms with Crippen LogP contribution in [0.1, 0.15) is 32.6 Å². The minimum absolute atomic E-state index is 0.105. The van der Waals surface area contributed by atoms with E-state index >= 15 is 0 Å². The first kappa shape index (κ1) is 10.5. The van der Waals surface area contributed by atoms with Crippen molar-refractivity contribution in [1.29, 1.82) is 0 Å². The molecule has 3 nitrogen and oxygen atoms in total. The second kappa shape index (κ2) is 5.22. The van der Waals surface area contributed by atoms with Gasteiger partial charge in [-0.15, -0.1) is 0 Å². The quantitative estimate of drug-likeness (QED) is 0.492. The molecule has 0 aromatic rings. The second-order valence-electron chi connectivity index (χ2n) is 3.62. The minimum Gasteiger partial charge on any atom is -0.469 e. The zero-order chi connectivity index (χ0) is 9.68. The van der Waals surface area contributed by atoms with Crippen molar-refractivity contribution < 1.29 is 9.53 Å². The molecule has 2 saturated heterocycles. The number of methoxy groups -OCH3 is 1. The predicted molar refractivity (Wildman–Crippen MR) is 51.5 cm³/mol. The predicted octanol–water partition coefficient (Wildman–Crippen LogP) is 1.42. The highest BCUT2D eigenvalue weighted by molar-refractivity contribution is 5.68. The largest absolute Gasteiger partial charge is 0.469 e. The highest BCUT2D eigenvalue weighted by Crippen LogP contribution is 2.30. The standard InChI is InChI=1S/C6H12O2.C4H7N/c1-3-4-5-6(7)8-2;1-2-5-3-4(1)5/h3-5H2,1-2H3;4H,1-3H2. The summed E-state index contributed by atoms with van der Waals surface area (Å²) in [6.45, 7) is 4.85. The third kappa shape index (κ3) is 3.77. The van der Waals surface area contributed by atoms with Gasteiger partial charge < -0.3 is 4.74 Å². The Morgan fingerprint density at radius 3 is 2.54 bits per heavy atom. The van der Waals surface area contributed by atoms with Crippen LogP contribution in [-0.2, 0) is 9.53 Å². The van der Waals surface area contributed by atoms with Crippen molar-refractivity contribution in [2.45, 2.75) is 38.6 Å². The van der Waals surface area contributed by atoms with Gasteiger partial charge >= 0.3 is 5.97 Å². The topological polar surface area (TPSA) is 29.3 Å². The van der Waals surface area contributed by atoms with Crippen LogP contribution >= 0.6 is 0 Å². The number of hydrogen-bond donors (Lipinski definition) is 0. The summed E-state index contributed by atoms with van der Waals surface area (Å²) in [5.74, 6) is -0.105. The van der Waals surface area contributed by atoms with E-state index in [2.05, 4.69) is 9.64 Å². The lowest BCUT2D eigenvalue weighted by Gasteiger charge is -2.08. The molecule has 0 amide bonds. The number of carbonyl (C=O) groups excluding carboxylic acids is 1. The fourth-order valence-corrected chi connectivity index (χ4v) is 1.32. The van der Waals surface area contributed by atoms with Gasteiger partial charge in [0.1, 0.15) is 0 Å². The van der Waals surface area contributed by atoms with Crippen LogP contribution in [0.2, 0.25) is 0 Å². The summed E-state index contributed by atoms with van der Waals surface area (Å²) in [5, 5.41) is 0. The lowest BCUT2D eigenvalue weighted by molar-refractivity contribution is -0.140. The maximum atomic E-state index is 10.3. The van der Waals surface area contributed by atoms with Crippen LogP contribution in [0.5, 0.6) is 0 Å². The molecule has 2 rings (SSSR count). The smallest absolute Gasteiger partial charge is 0.305 e. The molecule has 0 aliphatic carbocycles. The van der Waals surface area contributed by atoms with Gasteiger partial charge in [0.05, 0.1) is 7.11 Å². The Kier molecular flexibility index (Phi) is 4.22. The number of fused-ring (bicyclic) bond motifs is 1. The highest BCUT2D eigenvalue weighted by Gasteiger charge is 2.41. The molecule has 0 N–H and O–H groups in total. The molecule has 76 valence electrons. The number of ether oxygens (including phenoxy) is 1. The number of nitrogens with zero attached hydrogens (tertiary/aromatic N) is 1. The molecule has 0 aromatic carbocycles. The van der Waals surface area contributed by atoms with E-state index in [0.29, 0.717) is 6.42 Å². The molecule has 0 radical (unpaired) electrons. The molecule has 2 aliphatic heterocycles. The van der Waals surface area contributed by atoms with Gasteiger partial charge in [-0.25, -0.2) is 0 Å². The molecule has 2 atom stereocenters. The average molecular weight is 185 g/mol. The summed E-state index contributed by atoms with van der Waals surface area (Å²) in [6.07, 6.45) is 4.04. The van der Waals surface area contributed by atoms with Crippen molar-refractivity contribution in [2.24, 2.45) is 0 Å². The van der Waals surface area contributed by atoms with Gasteiger partial charge in [0.25, 0.3) is 0 Å². The molecule has 0 aromatic heterocycles. The van der Waals surface area contributed by atoms with E-state index < -0.39 is 0 Å². The molecule has 2 heterocycles. The average Bonchev–Trinajstić information content (AvgIpc) is 2.70. The Labute approximate surface area is 80.1 Å². The van der Waals surface area contributed by atoms with Crippen molar-refractivity contribution >= 4 is 5.97 Å². The summed E-state index contributed by atoms with van der Waals surface area (Å²) in [4.78, 5) is 12.8. The lowest BCUT2D eigenvalue weighted by atomic mass is 10.3. The Morgan fingerprint density at radius 1 is 1.62 bits per heavy atom. The summed E-state index contributed by atoms with van der Waals surface area (Å²) >= 11 is 0. The number of unbranched alkanes of at least 4 members (excludes halogenated alkanes) is 1. The number of carbonyl (C=O) groups is 1. The SMILES string of the molecule is C1CN2CC12.CCCCC(=O)OC. The molecular weight excluding hydrogens is 166 g/mol. The van der Waals surface area contributed by atoms with Gasteiger partial charge in [-0.3, -0.25) is 9.69 Å².